The van der Waals surface area contributed by atoms with E-state index in [4.69, 9.17) is 0 Å². The molecule has 0 spiro atoms. The van der Waals surface area contributed by atoms with E-state index in [9.17, 15) is 4.79 Å². The Hall–Kier alpha value is -1.35. The third-order valence-electron chi connectivity index (χ3n) is 4.47. The fraction of sp³-hybridized carbons (Fsp3) is 0.588. The lowest BCUT2D eigenvalue weighted by Gasteiger charge is -2.32. The summed E-state index contributed by atoms with van der Waals surface area (Å²) in [5.74, 6) is 0.953. The largest absolute Gasteiger partial charge is 0.343 e. The second-order valence-electron chi connectivity index (χ2n) is 6.04. The van der Waals surface area contributed by atoms with Gasteiger partial charge in [-0.3, -0.25) is 4.79 Å². The molecule has 0 atom stereocenters. The quantitative estimate of drug-likeness (QED) is 0.893. The summed E-state index contributed by atoms with van der Waals surface area (Å²) in [6, 6.07) is 11.4. The van der Waals surface area contributed by atoms with Crippen LogP contribution in [0.3, 0.4) is 0 Å². The Morgan fingerprint density at radius 3 is 2.45 bits per heavy atom. The summed E-state index contributed by atoms with van der Waals surface area (Å²) in [5.41, 5.74) is 1.43. The first-order valence-corrected chi connectivity index (χ1v) is 7.89. The molecule has 1 aromatic carbocycles. The summed E-state index contributed by atoms with van der Waals surface area (Å²) in [6.45, 7) is 2.69. The molecular weight excluding hydrogens is 248 g/mol. The Kier molecular flexibility index (Phi) is 4.36. The molecule has 1 aromatic rings. The van der Waals surface area contributed by atoms with Crippen molar-refractivity contribution in [2.24, 2.45) is 0 Å². The number of hydrogen-bond acceptors (Lipinski definition) is 2. The summed E-state index contributed by atoms with van der Waals surface area (Å²) in [6.07, 6.45) is 5.44. The fourth-order valence-corrected chi connectivity index (χ4v) is 3.02. The molecule has 3 heteroatoms. The molecule has 2 aliphatic rings. The van der Waals surface area contributed by atoms with E-state index in [1.807, 2.05) is 4.90 Å². The first kappa shape index (κ1) is 13.6. The fourth-order valence-electron chi connectivity index (χ4n) is 3.02. The average Bonchev–Trinajstić information content (AvgIpc) is 3.32. The second-order valence-corrected chi connectivity index (χ2v) is 6.04. The van der Waals surface area contributed by atoms with Crippen LogP contribution in [-0.2, 0) is 4.79 Å². The number of hydrogen-bond donors (Lipinski definition) is 1. The minimum atomic E-state index is 0.324. The Labute approximate surface area is 121 Å². The van der Waals surface area contributed by atoms with Crippen LogP contribution in [-0.4, -0.2) is 36.5 Å². The maximum atomic E-state index is 12.1. The Morgan fingerprint density at radius 2 is 1.80 bits per heavy atom. The molecule has 0 radical (unpaired) electrons. The summed E-state index contributed by atoms with van der Waals surface area (Å²) < 4.78 is 0. The lowest BCUT2D eigenvalue weighted by atomic mass is 9.89. The summed E-state index contributed by atoms with van der Waals surface area (Å²) >= 11 is 0. The van der Waals surface area contributed by atoms with Crippen LogP contribution in [0.5, 0.6) is 0 Å². The zero-order valence-corrected chi connectivity index (χ0v) is 12.1. The number of nitrogens with zero attached hydrogens (tertiary/aromatic N) is 1. The lowest BCUT2D eigenvalue weighted by molar-refractivity contribution is -0.132. The van der Waals surface area contributed by atoms with Crippen molar-refractivity contribution in [2.45, 2.75) is 44.1 Å². The maximum absolute atomic E-state index is 12.1. The minimum absolute atomic E-state index is 0.324. The second kappa shape index (κ2) is 6.40. The smallest absolute Gasteiger partial charge is 0.223 e. The van der Waals surface area contributed by atoms with E-state index in [0.717, 1.165) is 32.5 Å². The summed E-state index contributed by atoms with van der Waals surface area (Å²) in [7, 11) is 0. The molecule has 1 amide bonds. The lowest BCUT2D eigenvalue weighted by Crippen LogP contribution is -2.39. The van der Waals surface area contributed by atoms with Gasteiger partial charge in [-0.15, -0.1) is 0 Å². The molecule has 1 aliphatic heterocycles. The van der Waals surface area contributed by atoms with Crippen LogP contribution in [0.4, 0.5) is 0 Å². The number of amides is 1. The van der Waals surface area contributed by atoms with Crippen molar-refractivity contribution < 1.29 is 4.79 Å². The zero-order chi connectivity index (χ0) is 13.8. The third kappa shape index (κ3) is 3.60. The van der Waals surface area contributed by atoms with Crippen LogP contribution in [0.1, 0.15) is 43.6 Å². The molecule has 3 nitrogen and oxygen atoms in total. The number of piperidine rings is 1. The number of nitrogens with one attached hydrogen (secondary N) is 1. The van der Waals surface area contributed by atoms with Gasteiger partial charge in [-0.05, 0) is 37.2 Å². The van der Waals surface area contributed by atoms with Crippen molar-refractivity contribution in [3.8, 4) is 0 Å². The normalized spacial score (nSPS) is 20.1. The van der Waals surface area contributed by atoms with E-state index in [2.05, 4.69) is 35.6 Å². The predicted molar refractivity (Wildman–Crippen MR) is 80.6 cm³/mol. The monoisotopic (exact) mass is 272 g/mol. The average molecular weight is 272 g/mol. The highest BCUT2D eigenvalue weighted by atomic mass is 16.2. The van der Waals surface area contributed by atoms with Crippen molar-refractivity contribution in [1.82, 2.24) is 10.2 Å². The van der Waals surface area contributed by atoms with Crippen molar-refractivity contribution in [1.29, 1.82) is 0 Å². The van der Waals surface area contributed by atoms with Crippen LogP contribution in [0, 0.1) is 0 Å². The van der Waals surface area contributed by atoms with Gasteiger partial charge in [0.1, 0.15) is 0 Å². The number of benzene rings is 1. The standard InChI is InChI=1S/C17H24N2O/c20-17(8-11-18-16-6-7-16)19-12-9-15(10-13-19)14-4-2-1-3-5-14/h1-5,15-16,18H,6-13H2. The van der Waals surface area contributed by atoms with E-state index in [0.29, 0.717) is 24.3 Å². The first-order chi connectivity index (χ1) is 9.83. The summed E-state index contributed by atoms with van der Waals surface area (Å²) in [4.78, 5) is 14.2. The minimum Gasteiger partial charge on any atom is -0.343 e. The molecule has 0 unspecified atom stereocenters. The SMILES string of the molecule is O=C(CCNC1CC1)N1CCC(c2ccccc2)CC1. The van der Waals surface area contributed by atoms with Crippen molar-refractivity contribution in [3.05, 3.63) is 35.9 Å². The van der Waals surface area contributed by atoms with Gasteiger partial charge in [0.25, 0.3) is 0 Å². The topological polar surface area (TPSA) is 32.3 Å². The van der Waals surface area contributed by atoms with E-state index in [1.54, 1.807) is 0 Å². The Morgan fingerprint density at radius 1 is 1.10 bits per heavy atom. The third-order valence-corrected chi connectivity index (χ3v) is 4.47. The highest BCUT2D eigenvalue weighted by Gasteiger charge is 2.24. The molecule has 0 aromatic heterocycles. The molecular formula is C17H24N2O. The number of carbonyl (C=O) groups is 1. The zero-order valence-electron chi connectivity index (χ0n) is 12.1. The van der Waals surface area contributed by atoms with Gasteiger partial charge in [0.05, 0.1) is 0 Å². The number of carbonyl (C=O) groups excluding carboxylic acids is 1. The van der Waals surface area contributed by atoms with Gasteiger partial charge < -0.3 is 10.2 Å². The molecule has 108 valence electrons. The number of rotatable bonds is 5. The molecule has 2 fully saturated rings. The van der Waals surface area contributed by atoms with Gasteiger partial charge in [0, 0.05) is 32.1 Å². The van der Waals surface area contributed by atoms with Gasteiger partial charge in [-0.1, -0.05) is 30.3 Å². The molecule has 1 aliphatic carbocycles. The van der Waals surface area contributed by atoms with E-state index in [-0.39, 0.29) is 0 Å². The van der Waals surface area contributed by atoms with Gasteiger partial charge >= 0.3 is 0 Å². The molecule has 1 saturated carbocycles. The summed E-state index contributed by atoms with van der Waals surface area (Å²) in [5, 5.41) is 3.41. The highest BCUT2D eigenvalue weighted by Crippen LogP contribution is 2.27. The van der Waals surface area contributed by atoms with Gasteiger partial charge in [0.2, 0.25) is 5.91 Å². The van der Waals surface area contributed by atoms with Crippen LogP contribution >= 0.6 is 0 Å². The molecule has 0 bridgehead atoms. The van der Waals surface area contributed by atoms with Crippen LogP contribution in [0.25, 0.3) is 0 Å². The van der Waals surface area contributed by atoms with Crippen LogP contribution < -0.4 is 5.32 Å². The number of likely N-dealkylation sites (tertiary alicyclic amines) is 1. The molecule has 20 heavy (non-hydrogen) atoms. The first-order valence-electron chi connectivity index (χ1n) is 7.89. The van der Waals surface area contributed by atoms with E-state index in [1.165, 1.54) is 18.4 Å². The maximum Gasteiger partial charge on any atom is 0.223 e. The molecule has 1 N–H and O–H groups in total. The molecule has 3 rings (SSSR count). The van der Waals surface area contributed by atoms with Gasteiger partial charge in [0.15, 0.2) is 0 Å². The molecule has 1 heterocycles. The van der Waals surface area contributed by atoms with Gasteiger partial charge in [-0.25, -0.2) is 0 Å². The predicted octanol–water partition coefficient (Wildman–Crippen LogP) is 2.53. The highest BCUT2D eigenvalue weighted by molar-refractivity contribution is 5.76. The van der Waals surface area contributed by atoms with Gasteiger partial charge in [-0.2, -0.15) is 0 Å². The van der Waals surface area contributed by atoms with Crippen molar-refractivity contribution in [3.63, 3.8) is 0 Å². The van der Waals surface area contributed by atoms with E-state index < -0.39 is 0 Å². The van der Waals surface area contributed by atoms with Crippen molar-refractivity contribution >= 4 is 5.91 Å². The van der Waals surface area contributed by atoms with Crippen LogP contribution in [0.15, 0.2) is 30.3 Å². The Bertz CT molecular complexity index is 434. The Balaban J connectivity index is 1.42. The van der Waals surface area contributed by atoms with Crippen molar-refractivity contribution in [2.75, 3.05) is 19.6 Å². The molecule has 1 saturated heterocycles. The van der Waals surface area contributed by atoms with E-state index >= 15 is 0 Å². The van der Waals surface area contributed by atoms with Crippen LogP contribution in [0.2, 0.25) is 0 Å².